The fourth-order valence-electron chi connectivity index (χ4n) is 4.49. The zero-order valence-electron chi connectivity index (χ0n) is 19.6. The van der Waals surface area contributed by atoms with Crippen LogP contribution >= 0.6 is 11.6 Å². The summed E-state index contributed by atoms with van der Waals surface area (Å²) in [6.07, 6.45) is 3.68. The predicted octanol–water partition coefficient (Wildman–Crippen LogP) is 3.44. The van der Waals surface area contributed by atoms with Crippen molar-refractivity contribution >= 4 is 17.5 Å². The van der Waals surface area contributed by atoms with Gasteiger partial charge in [-0.3, -0.25) is 9.89 Å². The minimum atomic E-state index is -0.623. The van der Waals surface area contributed by atoms with E-state index in [0.717, 1.165) is 36.1 Å². The van der Waals surface area contributed by atoms with Crippen molar-refractivity contribution in [3.05, 3.63) is 75.8 Å². The Bertz CT molecular complexity index is 1120. The third-order valence-electron chi connectivity index (χ3n) is 6.33. The Balaban J connectivity index is 1.32. The highest BCUT2D eigenvalue weighted by Gasteiger charge is 2.30. The molecule has 3 N–H and O–H groups in total. The third-order valence-corrected chi connectivity index (χ3v) is 6.55. The summed E-state index contributed by atoms with van der Waals surface area (Å²) in [7, 11) is 3.35. The number of H-pyrrole nitrogens is 1. The van der Waals surface area contributed by atoms with Crippen molar-refractivity contribution in [2.75, 3.05) is 14.2 Å². The first kappa shape index (κ1) is 24.2. The lowest BCUT2D eigenvalue weighted by Crippen LogP contribution is -2.35. The molecule has 9 heteroatoms. The minimum Gasteiger partial charge on any atom is -0.493 e. The molecule has 0 bridgehead atoms. The summed E-state index contributed by atoms with van der Waals surface area (Å²) in [6.45, 7) is 2.24. The molecule has 0 aliphatic carbocycles. The van der Waals surface area contributed by atoms with Gasteiger partial charge < -0.3 is 20.1 Å². The van der Waals surface area contributed by atoms with Gasteiger partial charge in [0.1, 0.15) is 10.8 Å². The number of aliphatic hydroxyl groups excluding tert-OH is 1. The number of rotatable bonds is 8. The molecule has 1 fully saturated rings. The number of ether oxygens (including phenoxy) is 1. The second-order valence-corrected chi connectivity index (χ2v) is 9.18. The summed E-state index contributed by atoms with van der Waals surface area (Å²) < 4.78 is 5.37. The molecule has 2 aromatic heterocycles. The van der Waals surface area contributed by atoms with E-state index in [1.165, 1.54) is 0 Å². The van der Waals surface area contributed by atoms with E-state index in [0.29, 0.717) is 28.7 Å². The number of aromatic amines is 1. The van der Waals surface area contributed by atoms with Gasteiger partial charge in [-0.05, 0) is 49.9 Å². The zero-order chi connectivity index (χ0) is 24.2. The standard InChI is InChI=1S/C25H30ClN5O3/c1-15-24(34-3)21(30-29-15)14-31(2)25(33)17-6-4-16(5-7-17)12-19-9-10-20(28-19)23(32)18-8-11-22(26)27-13-18/h4-8,11,13,19-20,23,28,32H,9-10,12,14H2,1-3H3,(H,29,30)/t19-,20+,23+/m0/s1. The molecule has 1 aliphatic heterocycles. The number of aromatic nitrogens is 3. The second-order valence-electron chi connectivity index (χ2n) is 8.80. The van der Waals surface area contributed by atoms with Crippen LogP contribution in [0, 0.1) is 6.92 Å². The summed E-state index contributed by atoms with van der Waals surface area (Å²) in [4.78, 5) is 18.6. The Hall–Kier alpha value is -2.94. The molecule has 0 radical (unpaired) electrons. The van der Waals surface area contributed by atoms with Gasteiger partial charge in [-0.2, -0.15) is 5.10 Å². The maximum absolute atomic E-state index is 12.9. The molecule has 1 aromatic carbocycles. The first-order valence-electron chi connectivity index (χ1n) is 11.3. The lowest BCUT2D eigenvalue weighted by Gasteiger charge is -2.20. The van der Waals surface area contributed by atoms with E-state index >= 15 is 0 Å². The number of nitrogens with zero attached hydrogens (tertiary/aromatic N) is 3. The molecule has 1 amide bonds. The van der Waals surface area contributed by atoms with Crippen molar-refractivity contribution in [3.8, 4) is 5.75 Å². The number of carbonyl (C=O) groups excluding carboxylic acids is 1. The molecule has 1 saturated heterocycles. The summed E-state index contributed by atoms with van der Waals surface area (Å²) in [6, 6.07) is 11.5. The average molecular weight is 484 g/mol. The van der Waals surface area contributed by atoms with Crippen LogP contribution in [0.3, 0.4) is 0 Å². The van der Waals surface area contributed by atoms with Gasteiger partial charge >= 0.3 is 0 Å². The number of amides is 1. The van der Waals surface area contributed by atoms with Crippen LogP contribution in [0.2, 0.25) is 5.15 Å². The number of aliphatic hydroxyl groups is 1. The molecule has 0 saturated carbocycles. The van der Waals surface area contributed by atoms with Crippen LogP contribution in [-0.2, 0) is 13.0 Å². The van der Waals surface area contributed by atoms with Crippen molar-refractivity contribution in [1.29, 1.82) is 0 Å². The first-order chi connectivity index (χ1) is 16.4. The molecule has 180 valence electrons. The molecule has 3 atom stereocenters. The number of aryl methyl sites for hydroxylation is 1. The summed E-state index contributed by atoms with van der Waals surface area (Å²) in [5.74, 6) is 0.600. The number of hydrogen-bond donors (Lipinski definition) is 3. The number of hydrogen-bond acceptors (Lipinski definition) is 6. The van der Waals surface area contributed by atoms with Crippen LogP contribution < -0.4 is 10.1 Å². The summed E-state index contributed by atoms with van der Waals surface area (Å²) >= 11 is 5.85. The van der Waals surface area contributed by atoms with Crippen molar-refractivity contribution in [1.82, 2.24) is 25.4 Å². The van der Waals surface area contributed by atoms with Crippen molar-refractivity contribution in [3.63, 3.8) is 0 Å². The minimum absolute atomic E-state index is 0.0230. The van der Waals surface area contributed by atoms with Gasteiger partial charge in [0.2, 0.25) is 0 Å². The number of halogens is 1. The topological polar surface area (TPSA) is 103 Å². The maximum atomic E-state index is 12.9. The fourth-order valence-corrected chi connectivity index (χ4v) is 4.60. The second kappa shape index (κ2) is 10.5. The summed E-state index contributed by atoms with van der Waals surface area (Å²) in [5.41, 5.74) is 4.07. The number of benzene rings is 1. The van der Waals surface area contributed by atoms with Crippen molar-refractivity contribution in [2.45, 2.75) is 50.9 Å². The summed E-state index contributed by atoms with van der Waals surface area (Å²) in [5, 5.41) is 21.8. The maximum Gasteiger partial charge on any atom is 0.253 e. The highest BCUT2D eigenvalue weighted by atomic mass is 35.5. The molecular formula is C25H30ClN5O3. The van der Waals surface area contributed by atoms with Gasteiger partial charge in [-0.25, -0.2) is 4.98 Å². The number of nitrogens with one attached hydrogen (secondary N) is 2. The van der Waals surface area contributed by atoms with E-state index < -0.39 is 6.10 Å². The highest BCUT2D eigenvalue weighted by Crippen LogP contribution is 2.27. The van der Waals surface area contributed by atoms with Crippen molar-refractivity contribution < 1.29 is 14.6 Å². The van der Waals surface area contributed by atoms with E-state index in [1.54, 1.807) is 31.3 Å². The van der Waals surface area contributed by atoms with Gasteiger partial charge in [0, 0.05) is 36.5 Å². The third kappa shape index (κ3) is 5.41. The number of pyridine rings is 1. The van der Waals surface area contributed by atoms with Gasteiger partial charge in [-0.1, -0.05) is 29.8 Å². The molecule has 34 heavy (non-hydrogen) atoms. The van der Waals surface area contributed by atoms with Gasteiger partial charge in [0.05, 0.1) is 25.5 Å². The lowest BCUT2D eigenvalue weighted by molar-refractivity contribution is 0.0782. The molecule has 8 nitrogen and oxygen atoms in total. The molecule has 1 aliphatic rings. The van der Waals surface area contributed by atoms with Crippen LogP contribution in [0.15, 0.2) is 42.6 Å². The molecule has 0 unspecified atom stereocenters. The zero-order valence-corrected chi connectivity index (χ0v) is 20.3. The Morgan fingerprint density at radius 2 is 2.03 bits per heavy atom. The first-order valence-corrected chi connectivity index (χ1v) is 11.7. The predicted molar refractivity (Wildman–Crippen MR) is 130 cm³/mol. The van der Waals surface area contributed by atoms with Gasteiger partial charge in [0.15, 0.2) is 5.75 Å². The Labute approximate surface area is 204 Å². The van der Waals surface area contributed by atoms with Gasteiger partial charge in [-0.15, -0.1) is 0 Å². The Morgan fingerprint density at radius 1 is 1.26 bits per heavy atom. The van der Waals surface area contributed by atoms with Crippen LogP contribution in [0.1, 0.15) is 51.8 Å². The molecular weight excluding hydrogens is 454 g/mol. The smallest absolute Gasteiger partial charge is 0.253 e. The number of carbonyl (C=O) groups is 1. The molecule has 4 rings (SSSR count). The van der Waals surface area contributed by atoms with E-state index in [4.69, 9.17) is 16.3 Å². The SMILES string of the molecule is COc1c(CN(C)C(=O)c2ccc(C[C@@H]3CC[C@H]([C@H](O)c4ccc(Cl)nc4)N3)cc2)n[nH]c1C. The number of methoxy groups -OCH3 is 1. The molecule has 3 aromatic rings. The van der Waals surface area contributed by atoms with E-state index in [1.807, 2.05) is 37.3 Å². The Morgan fingerprint density at radius 3 is 2.71 bits per heavy atom. The normalized spacial score (nSPS) is 18.6. The van der Waals surface area contributed by atoms with Crippen LogP contribution in [-0.4, -0.2) is 57.3 Å². The average Bonchev–Trinajstić information content (AvgIpc) is 3.45. The highest BCUT2D eigenvalue weighted by molar-refractivity contribution is 6.29. The quantitative estimate of drug-likeness (QED) is 0.424. The van der Waals surface area contributed by atoms with Gasteiger partial charge in [0.25, 0.3) is 5.91 Å². The Kier molecular flexibility index (Phi) is 7.50. The molecule has 0 spiro atoms. The fraction of sp³-hybridized carbons (Fsp3) is 0.400. The monoisotopic (exact) mass is 483 g/mol. The van der Waals surface area contributed by atoms with E-state index in [2.05, 4.69) is 20.5 Å². The largest absolute Gasteiger partial charge is 0.493 e. The van der Waals surface area contributed by atoms with Crippen molar-refractivity contribution in [2.24, 2.45) is 0 Å². The van der Waals surface area contributed by atoms with E-state index in [-0.39, 0.29) is 18.0 Å². The lowest BCUT2D eigenvalue weighted by atomic mass is 10.0. The van der Waals surface area contributed by atoms with Crippen LogP contribution in [0.5, 0.6) is 5.75 Å². The van der Waals surface area contributed by atoms with Crippen LogP contribution in [0.4, 0.5) is 0 Å². The molecule has 3 heterocycles. The van der Waals surface area contributed by atoms with E-state index in [9.17, 15) is 9.90 Å². The van der Waals surface area contributed by atoms with Crippen LogP contribution in [0.25, 0.3) is 0 Å².